The van der Waals surface area contributed by atoms with Gasteiger partial charge in [0.05, 0.1) is 11.9 Å². The number of rotatable bonds is 8. The molecule has 0 saturated carbocycles. The first-order chi connectivity index (χ1) is 15.2. The largest absolute Gasteiger partial charge is 0.545 e. The van der Waals surface area contributed by atoms with Crippen molar-refractivity contribution in [3.05, 3.63) is 82.9 Å². The van der Waals surface area contributed by atoms with Crippen LogP contribution in [-0.4, -0.2) is 43.1 Å². The van der Waals surface area contributed by atoms with Gasteiger partial charge < -0.3 is 29.4 Å². The van der Waals surface area contributed by atoms with Crippen LogP contribution in [0.5, 0.6) is 0 Å². The Morgan fingerprint density at radius 1 is 1.06 bits per heavy atom. The molecule has 2 aromatic carbocycles. The number of carboxylic acid groups (broad SMARTS) is 2. The van der Waals surface area contributed by atoms with Crippen molar-refractivity contribution in [1.82, 2.24) is 4.90 Å². The van der Waals surface area contributed by atoms with E-state index in [4.69, 9.17) is 16.3 Å². The van der Waals surface area contributed by atoms with Crippen LogP contribution in [0.3, 0.4) is 0 Å². The fourth-order valence-electron chi connectivity index (χ4n) is 3.74. The van der Waals surface area contributed by atoms with Crippen LogP contribution < -0.4 is 10.2 Å². The maximum absolute atomic E-state index is 9.41. The van der Waals surface area contributed by atoms with Gasteiger partial charge in [0, 0.05) is 17.7 Å². The number of carbonyl (C=O) groups is 2. The maximum Gasteiger partial charge on any atom is 0.115 e. The van der Waals surface area contributed by atoms with Crippen LogP contribution in [0.1, 0.15) is 37.3 Å². The van der Waals surface area contributed by atoms with E-state index < -0.39 is 17.5 Å². The second-order valence-electron chi connectivity index (χ2n) is 7.79. The fourth-order valence-corrected chi connectivity index (χ4v) is 3.86. The van der Waals surface area contributed by atoms with Gasteiger partial charge in [0.2, 0.25) is 0 Å². The van der Waals surface area contributed by atoms with Gasteiger partial charge in [0.15, 0.2) is 0 Å². The highest BCUT2D eigenvalue weighted by Crippen LogP contribution is 2.34. The maximum atomic E-state index is 9.41. The predicted molar refractivity (Wildman–Crippen MR) is 120 cm³/mol. The van der Waals surface area contributed by atoms with E-state index in [0.717, 1.165) is 23.6 Å². The summed E-state index contributed by atoms with van der Waals surface area (Å²) in [6, 6.07) is 19.1. The molecule has 0 aliphatic carbocycles. The Bertz CT molecular complexity index is 884. The van der Waals surface area contributed by atoms with Gasteiger partial charge in [0.25, 0.3) is 0 Å². The summed E-state index contributed by atoms with van der Waals surface area (Å²) in [7, 11) is 2.22. The summed E-state index contributed by atoms with van der Waals surface area (Å²) in [6.45, 7) is 4.12. The van der Waals surface area contributed by atoms with E-state index >= 15 is 0 Å². The molecule has 1 heterocycles. The lowest BCUT2D eigenvalue weighted by Gasteiger charge is -2.32. The number of hydrogen-bond donors (Lipinski definition) is 0. The van der Waals surface area contributed by atoms with Gasteiger partial charge in [-0.2, -0.15) is 0 Å². The summed E-state index contributed by atoms with van der Waals surface area (Å²) in [4.78, 5) is 21.3. The first-order valence-corrected chi connectivity index (χ1v) is 10.9. The monoisotopic (exact) mass is 457 g/mol. The molecule has 0 N–H and O–H groups in total. The van der Waals surface area contributed by atoms with Crippen LogP contribution in [-0.2, 0) is 19.9 Å². The number of halogens is 1. The third-order valence-corrected chi connectivity index (χ3v) is 5.84. The first-order valence-electron chi connectivity index (χ1n) is 10.5. The van der Waals surface area contributed by atoms with Crippen molar-refractivity contribution < 1.29 is 24.5 Å². The zero-order chi connectivity index (χ0) is 23.6. The fraction of sp³-hybridized carbons (Fsp3) is 0.360. The van der Waals surface area contributed by atoms with E-state index in [-0.39, 0.29) is 0 Å². The average molecular weight is 458 g/mol. The summed E-state index contributed by atoms with van der Waals surface area (Å²) >= 11 is 6.07. The summed E-state index contributed by atoms with van der Waals surface area (Å²) in [6.07, 6.45) is 4.42. The van der Waals surface area contributed by atoms with Gasteiger partial charge in [0.1, 0.15) is 5.60 Å². The number of carboxylic acids is 2. The molecule has 1 aliphatic rings. The molecule has 1 saturated heterocycles. The standard InChI is InChI=1S/C21H26ClNO.C4H4O4/c1-21(17-7-4-3-5-8-17,18-10-12-19(22)13-11-18)24-16-14-20-9-6-15-23(20)2;5-3(6)1-2-4(7)8/h3-5,7-8,10-13,20H,6,9,14-16H2,1-2H3;1-2H,(H,5,6)(H,7,8)/p-2/b;2-1+. The third kappa shape index (κ3) is 7.79. The molecule has 6 nitrogen and oxygen atoms in total. The summed E-state index contributed by atoms with van der Waals surface area (Å²) in [5.74, 6) is -3.09. The van der Waals surface area contributed by atoms with Gasteiger partial charge >= 0.3 is 0 Å². The molecule has 1 aliphatic heterocycles. The highest BCUT2D eigenvalue weighted by molar-refractivity contribution is 6.30. The number of ether oxygens (including phenoxy) is 1. The molecule has 0 spiro atoms. The predicted octanol–water partition coefficient (Wildman–Crippen LogP) is 2.15. The Labute approximate surface area is 194 Å². The summed E-state index contributed by atoms with van der Waals surface area (Å²) < 4.78 is 6.48. The lowest BCUT2D eigenvalue weighted by molar-refractivity contribution is -0.301. The molecule has 0 amide bonds. The zero-order valence-electron chi connectivity index (χ0n) is 18.3. The SMILES string of the molecule is CN1CCCC1CCOC(C)(c1ccccc1)c1ccc(Cl)cc1.O=C([O-])/C=C/C(=O)[O-]. The van der Waals surface area contributed by atoms with E-state index in [1.54, 1.807) is 0 Å². The Kier molecular flexibility index (Phi) is 9.91. The molecular formula is C25H28ClNO5-2. The molecular weight excluding hydrogens is 430 g/mol. The number of aliphatic carboxylic acids is 2. The van der Waals surface area contributed by atoms with Crippen molar-refractivity contribution >= 4 is 23.5 Å². The quantitative estimate of drug-likeness (QED) is 0.564. The number of benzene rings is 2. The Morgan fingerprint density at radius 2 is 1.62 bits per heavy atom. The van der Waals surface area contributed by atoms with Crippen molar-refractivity contribution in [3.63, 3.8) is 0 Å². The molecule has 0 aromatic heterocycles. The minimum absolute atomic E-state index is 0.384. The number of carbonyl (C=O) groups excluding carboxylic acids is 2. The van der Waals surface area contributed by atoms with Crippen LogP contribution in [0.2, 0.25) is 5.02 Å². The molecule has 0 bridgehead atoms. The van der Waals surface area contributed by atoms with Gasteiger partial charge in [-0.15, -0.1) is 0 Å². The van der Waals surface area contributed by atoms with E-state index in [0.29, 0.717) is 18.2 Å². The van der Waals surface area contributed by atoms with Crippen LogP contribution >= 0.6 is 11.6 Å². The molecule has 7 heteroatoms. The highest BCUT2D eigenvalue weighted by Gasteiger charge is 2.30. The molecule has 2 atom stereocenters. The van der Waals surface area contributed by atoms with E-state index in [1.807, 2.05) is 18.2 Å². The van der Waals surface area contributed by atoms with Crippen LogP contribution in [0, 0.1) is 0 Å². The number of nitrogens with zero attached hydrogens (tertiary/aromatic N) is 1. The van der Waals surface area contributed by atoms with Gasteiger partial charge in [-0.1, -0.05) is 54.1 Å². The van der Waals surface area contributed by atoms with E-state index in [9.17, 15) is 19.8 Å². The van der Waals surface area contributed by atoms with Crippen LogP contribution in [0.15, 0.2) is 66.7 Å². The number of likely N-dealkylation sites (tertiary alicyclic amines) is 1. The zero-order valence-corrected chi connectivity index (χ0v) is 19.1. The molecule has 0 radical (unpaired) electrons. The molecule has 2 aromatic rings. The molecule has 1 fully saturated rings. The second-order valence-corrected chi connectivity index (χ2v) is 8.23. The normalized spacial score (nSPS) is 18.0. The summed E-state index contributed by atoms with van der Waals surface area (Å²) in [5, 5.41) is 19.6. The number of hydrogen-bond acceptors (Lipinski definition) is 6. The van der Waals surface area contributed by atoms with Gasteiger partial charge in [-0.05, 0) is 75.2 Å². The van der Waals surface area contributed by atoms with Crippen molar-refractivity contribution in [1.29, 1.82) is 0 Å². The van der Waals surface area contributed by atoms with E-state index in [2.05, 4.69) is 55.3 Å². The van der Waals surface area contributed by atoms with Crippen LogP contribution in [0.4, 0.5) is 0 Å². The minimum atomic E-state index is -1.55. The van der Waals surface area contributed by atoms with Crippen molar-refractivity contribution in [2.45, 2.75) is 37.8 Å². The summed E-state index contributed by atoms with van der Waals surface area (Å²) in [5.41, 5.74) is 1.85. The van der Waals surface area contributed by atoms with E-state index in [1.165, 1.54) is 24.9 Å². The van der Waals surface area contributed by atoms with Crippen molar-refractivity contribution in [2.24, 2.45) is 0 Å². The first kappa shape index (κ1) is 25.6. The molecule has 172 valence electrons. The minimum Gasteiger partial charge on any atom is -0.545 e. The smallest absolute Gasteiger partial charge is 0.115 e. The van der Waals surface area contributed by atoms with Crippen LogP contribution in [0.25, 0.3) is 0 Å². The topological polar surface area (TPSA) is 92.7 Å². The highest BCUT2D eigenvalue weighted by atomic mass is 35.5. The third-order valence-electron chi connectivity index (χ3n) is 5.59. The average Bonchev–Trinajstić information content (AvgIpc) is 3.18. The van der Waals surface area contributed by atoms with Gasteiger partial charge in [-0.25, -0.2) is 0 Å². The molecule has 3 rings (SSSR count). The Balaban J connectivity index is 0.000000390. The molecule has 2 unspecified atom stereocenters. The Hall–Kier alpha value is -2.67. The molecule has 32 heavy (non-hydrogen) atoms. The lowest BCUT2D eigenvalue weighted by atomic mass is 9.88. The van der Waals surface area contributed by atoms with Crippen molar-refractivity contribution in [2.75, 3.05) is 20.2 Å². The Morgan fingerprint density at radius 3 is 2.12 bits per heavy atom. The van der Waals surface area contributed by atoms with Crippen molar-refractivity contribution in [3.8, 4) is 0 Å². The second kappa shape index (κ2) is 12.4. The van der Waals surface area contributed by atoms with Gasteiger partial charge in [-0.3, -0.25) is 0 Å². The lowest BCUT2D eigenvalue weighted by Crippen LogP contribution is -2.31.